The van der Waals surface area contributed by atoms with Gasteiger partial charge in [-0.15, -0.1) is 11.3 Å². The van der Waals surface area contributed by atoms with Crippen LogP contribution >= 0.6 is 11.3 Å². The second kappa shape index (κ2) is 4.03. The van der Waals surface area contributed by atoms with Crippen LogP contribution in [0.2, 0.25) is 0 Å². The van der Waals surface area contributed by atoms with Crippen molar-refractivity contribution < 1.29 is 6.16 Å². The zero-order valence-corrected chi connectivity index (χ0v) is 9.82. The lowest BCUT2D eigenvalue weighted by Gasteiger charge is -2.37. The number of fused-ring (bicyclic) bond motifs is 1. The van der Waals surface area contributed by atoms with E-state index in [0.29, 0.717) is 0 Å². The monoisotopic (exact) mass is 212 g/mol. The minimum atomic E-state index is 0. The molecule has 1 aromatic heterocycles. The van der Waals surface area contributed by atoms with Gasteiger partial charge in [0, 0.05) is 12.7 Å². The van der Waals surface area contributed by atoms with Crippen molar-refractivity contribution in [3.8, 4) is 0 Å². The molecule has 0 spiro atoms. The molecular weight excluding hydrogens is 192 g/mol. The molecule has 1 aliphatic rings. The molecule has 14 heavy (non-hydrogen) atoms. The van der Waals surface area contributed by atoms with Gasteiger partial charge in [0.05, 0.1) is 12.2 Å². The fourth-order valence-electron chi connectivity index (χ4n) is 2.44. The lowest BCUT2D eigenvalue weighted by Crippen LogP contribution is -2.33. The highest BCUT2D eigenvalue weighted by Crippen LogP contribution is 2.41. The summed E-state index contributed by atoms with van der Waals surface area (Å²) in [5.74, 6) is 0. The van der Waals surface area contributed by atoms with Crippen molar-refractivity contribution in [1.29, 1.82) is 0 Å². The molecule has 0 saturated carbocycles. The Kier molecular flexibility index (Phi) is 2.93. The first-order valence-electron chi connectivity index (χ1n) is 5.53. The molecule has 0 amide bonds. The molecule has 0 bridgehead atoms. The quantitative estimate of drug-likeness (QED) is 0.736. The first-order chi connectivity index (χ1) is 6.82. The summed E-state index contributed by atoms with van der Waals surface area (Å²) in [6.45, 7) is 5.38. The van der Waals surface area contributed by atoms with Gasteiger partial charge in [-0.1, -0.05) is 20.3 Å². The Balaban J connectivity index is 0.00000112. The molecule has 0 aromatic carbocycles. The molecule has 2 rings (SSSR count). The molecule has 80 valence electrons. The zero-order valence-electron chi connectivity index (χ0n) is 9.01. The van der Waals surface area contributed by atoms with Gasteiger partial charge in [-0.3, -0.25) is 0 Å². The van der Waals surface area contributed by atoms with E-state index in [2.05, 4.69) is 25.3 Å². The van der Waals surface area contributed by atoms with E-state index < -0.39 is 0 Å². The minimum absolute atomic E-state index is 0. The highest BCUT2D eigenvalue weighted by atomic mass is 32.1. The molecule has 2 heterocycles. The Morgan fingerprint density at radius 3 is 3.14 bits per heavy atom. The molecule has 0 aliphatic carbocycles. The minimum Gasteiger partial charge on any atom is -0.370 e. The van der Waals surface area contributed by atoms with Crippen molar-refractivity contribution in [1.82, 2.24) is 0 Å². The Labute approximate surface area is 91.6 Å². The van der Waals surface area contributed by atoms with Gasteiger partial charge in [-0.2, -0.15) is 0 Å². The average Bonchev–Trinajstić information content (AvgIpc) is 2.67. The van der Waals surface area contributed by atoms with E-state index in [0.717, 1.165) is 25.9 Å². The zero-order chi connectivity index (χ0) is 10.0. The van der Waals surface area contributed by atoms with E-state index in [1.54, 1.807) is 4.88 Å². The van der Waals surface area contributed by atoms with Crippen LogP contribution in [-0.4, -0.2) is 6.61 Å². The van der Waals surface area contributed by atoms with E-state index in [1.165, 1.54) is 12.0 Å². The molecule has 1 aromatic rings. The van der Waals surface area contributed by atoms with Crippen LogP contribution in [0.5, 0.6) is 0 Å². The van der Waals surface area contributed by atoms with Crippen LogP contribution in [-0.2, 0) is 16.8 Å². The first kappa shape index (κ1) is 10.2. The van der Waals surface area contributed by atoms with Crippen LogP contribution < -0.4 is 0 Å². The number of rotatable bonds is 3. The second-order valence-corrected chi connectivity index (χ2v) is 4.95. The summed E-state index contributed by atoms with van der Waals surface area (Å²) in [4.78, 5) is 1.55. The molecule has 0 saturated heterocycles. The summed E-state index contributed by atoms with van der Waals surface area (Å²) in [7, 11) is 0. The Bertz CT molecular complexity index is 310. The molecule has 1 aliphatic heterocycles. The van der Waals surface area contributed by atoms with Gasteiger partial charge in [0.1, 0.15) is 0 Å². The lowest BCUT2D eigenvalue weighted by atomic mass is 9.85. The van der Waals surface area contributed by atoms with E-state index in [1.807, 2.05) is 11.3 Å². The predicted octanol–water partition coefficient (Wildman–Crippen LogP) is 3.97. The summed E-state index contributed by atoms with van der Waals surface area (Å²) in [5.41, 5.74) is 1.51. The van der Waals surface area contributed by atoms with E-state index in [-0.39, 0.29) is 7.03 Å². The fourth-order valence-corrected chi connectivity index (χ4v) is 3.39. The second-order valence-electron chi connectivity index (χ2n) is 3.95. The summed E-state index contributed by atoms with van der Waals surface area (Å²) in [5, 5.41) is 2.21. The Morgan fingerprint density at radius 2 is 2.43 bits per heavy atom. The molecular formula is C12H20OS. The van der Waals surface area contributed by atoms with Crippen molar-refractivity contribution in [2.45, 2.75) is 45.1 Å². The van der Waals surface area contributed by atoms with Gasteiger partial charge in [0.15, 0.2) is 0 Å². The number of hydrogen-bond acceptors (Lipinski definition) is 2. The topological polar surface area (TPSA) is 9.23 Å². The molecule has 0 fully saturated rings. The van der Waals surface area contributed by atoms with Crippen LogP contribution in [0.1, 0.15) is 45.0 Å². The van der Waals surface area contributed by atoms with Crippen molar-refractivity contribution in [2.24, 2.45) is 0 Å². The molecule has 0 unspecified atom stereocenters. The first-order valence-corrected chi connectivity index (χ1v) is 6.41. The summed E-state index contributed by atoms with van der Waals surface area (Å²) >= 11 is 1.89. The molecule has 1 nitrogen and oxygen atoms in total. The van der Waals surface area contributed by atoms with Gasteiger partial charge in [0.2, 0.25) is 0 Å². The summed E-state index contributed by atoms with van der Waals surface area (Å²) < 4.78 is 6.05. The van der Waals surface area contributed by atoms with Crippen molar-refractivity contribution >= 4 is 11.3 Å². The Hall–Kier alpha value is -0.340. The maximum Gasteiger partial charge on any atom is 0.0939 e. The van der Waals surface area contributed by atoms with Crippen LogP contribution in [0.4, 0.5) is 0 Å². The van der Waals surface area contributed by atoms with Gasteiger partial charge in [-0.25, -0.2) is 0 Å². The lowest BCUT2D eigenvalue weighted by molar-refractivity contribution is -0.0689. The van der Waals surface area contributed by atoms with Gasteiger partial charge in [0.25, 0.3) is 0 Å². The summed E-state index contributed by atoms with van der Waals surface area (Å²) in [6.07, 6.45) is 4.57. The number of hydrogen-bond donors (Lipinski definition) is 0. The van der Waals surface area contributed by atoms with Crippen LogP contribution in [0.15, 0.2) is 11.4 Å². The van der Waals surface area contributed by atoms with Crippen molar-refractivity contribution in [3.63, 3.8) is 0 Å². The number of thiophene rings is 1. The van der Waals surface area contributed by atoms with Crippen LogP contribution in [0, 0.1) is 0 Å². The molecule has 0 N–H and O–H groups in total. The normalized spacial score (nSPS) is 26.1. The predicted molar refractivity (Wildman–Crippen MR) is 63.0 cm³/mol. The fraction of sp³-hybridized carbons (Fsp3) is 0.667. The summed E-state index contributed by atoms with van der Waals surface area (Å²) in [6, 6.07) is 2.26. The van der Waals surface area contributed by atoms with E-state index in [4.69, 9.17) is 4.74 Å². The average molecular weight is 212 g/mol. The molecule has 1 atom stereocenters. The third-order valence-corrected chi connectivity index (χ3v) is 4.15. The Morgan fingerprint density at radius 1 is 1.57 bits per heavy atom. The highest BCUT2D eigenvalue weighted by molar-refractivity contribution is 7.10. The largest absolute Gasteiger partial charge is 0.370 e. The van der Waals surface area contributed by atoms with E-state index >= 15 is 0 Å². The van der Waals surface area contributed by atoms with Crippen molar-refractivity contribution in [2.75, 3.05) is 6.61 Å². The maximum atomic E-state index is 6.05. The standard InChI is InChI=1S/C12H18OS.H2/c1-3-7-12(4-2)10-6-9-14-11(10)5-8-13-12;/h6,9H,3-5,7-8H2,1-2H3;1H/t12-;/m0./s1. The molecule has 2 heteroatoms. The van der Waals surface area contributed by atoms with Crippen molar-refractivity contribution in [3.05, 3.63) is 21.9 Å². The maximum absolute atomic E-state index is 6.05. The van der Waals surface area contributed by atoms with Gasteiger partial charge < -0.3 is 4.74 Å². The highest BCUT2D eigenvalue weighted by Gasteiger charge is 2.35. The van der Waals surface area contributed by atoms with Crippen LogP contribution in [0.3, 0.4) is 0 Å². The molecule has 0 radical (unpaired) electrons. The SMILES string of the molecule is CCC[C@]1(CC)OCCc2sccc21.[HH]. The van der Waals surface area contributed by atoms with Crippen LogP contribution in [0.25, 0.3) is 0 Å². The smallest absolute Gasteiger partial charge is 0.0939 e. The third kappa shape index (κ3) is 1.51. The van der Waals surface area contributed by atoms with Gasteiger partial charge >= 0.3 is 0 Å². The van der Waals surface area contributed by atoms with Gasteiger partial charge in [-0.05, 0) is 29.9 Å². The third-order valence-electron chi connectivity index (χ3n) is 3.17. The number of ether oxygens (including phenoxy) is 1. The van der Waals surface area contributed by atoms with E-state index in [9.17, 15) is 0 Å².